The number of hydrogen-bond donors (Lipinski definition) is 1. The first-order valence-electron chi connectivity index (χ1n) is 5.88. The highest BCUT2D eigenvalue weighted by molar-refractivity contribution is 5.31. The monoisotopic (exact) mass is 220 g/mol. The van der Waals surface area contributed by atoms with Gasteiger partial charge in [-0.15, -0.1) is 0 Å². The third kappa shape index (κ3) is 2.27. The van der Waals surface area contributed by atoms with Crippen molar-refractivity contribution in [3.63, 3.8) is 0 Å². The quantitative estimate of drug-likeness (QED) is 0.835. The van der Waals surface area contributed by atoms with E-state index in [0.717, 1.165) is 37.1 Å². The van der Waals surface area contributed by atoms with Crippen LogP contribution in [0.3, 0.4) is 0 Å². The van der Waals surface area contributed by atoms with Crippen LogP contribution in [0.15, 0.2) is 12.1 Å². The summed E-state index contributed by atoms with van der Waals surface area (Å²) < 4.78 is 11.2. The van der Waals surface area contributed by atoms with Gasteiger partial charge in [-0.2, -0.15) is 4.98 Å². The summed E-state index contributed by atoms with van der Waals surface area (Å²) in [6.45, 7) is 3.16. The van der Waals surface area contributed by atoms with E-state index >= 15 is 0 Å². The lowest BCUT2D eigenvalue weighted by Crippen LogP contribution is -2.16. The van der Waals surface area contributed by atoms with Crippen LogP contribution in [0.2, 0.25) is 0 Å². The predicted octanol–water partition coefficient (Wildman–Crippen LogP) is 1.35. The molecule has 1 aliphatic heterocycles. The van der Waals surface area contributed by atoms with Gasteiger partial charge in [0.15, 0.2) is 0 Å². The molecule has 3 rings (SSSR count). The van der Waals surface area contributed by atoms with E-state index in [0.29, 0.717) is 12.5 Å². The molecule has 1 N–H and O–H groups in total. The number of nitrogens with one attached hydrogen (secondary N) is 1. The van der Waals surface area contributed by atoms with E-state index in [1.807, 2.05) is 12.1 Å². The maximum Gasteiger partial charge on any atom is 0.221 e. The van der Waals surface area contributed by atoms with Gasteiger partial charge >= 0.3 is 0 Å². The molecule has 4 heteroatoms. The average Bonchev–Trinajstić information content (AvgIpc) is 3.13. The van der Waals surface area contributed by atoms with E-state index in [2.05, 4.69) is 10.3 Å². The Morgan fingerprint density at radius 3 is 3.25 bits per heavy atom. The molecule has 0 unspecified atom stereocenters. The topological polar surface area (TPSA) is 43.4 Å². The molecule has 0 aromatic carbocycles. The molecule has 0 radical (unpaired) electrons. The second kappa shape index (κ2) is 4.29. The number of pyridine rings is 1. The van der Waals surface area contributed by atoms with Crippen molar-refractivity contribution in [3.05, 3.63) is 17.7 Å². The van der Waals surface area contributed by atoms with Crippen LogP contribution < -0.4 is 14.8 Å². The summed E-state index contributed by atoms with van der Waals surface area (Å²) in [5.74, 6) is 2.16. The number of hydrogen-bond acceptors (Lipinski definition) is 4. The van der Waals surface area contributed by atoms with Crippen molar-refractivity contribution in [3.8, 4) is 11.8 Å². The number of nitrogens with zero attached hydrogens (tertiary/aromatic N) is 1. The summed E-state index contributed by atoms with van der Waals surface area (Å²) in [7, 11) is 0. The Morgan fingerprint density at radius 1 is 1.44 bits per heavy atom. The minimum Gasteiger partial charge on any atom is -0.477 e. The van der Waals surface area contributed by atoms with Crippen LogP contribution in [-0.4, -0.2) is 24.7 Å². The first-order chi connectivity index (χ1) is 7.92. The molecular weight excluding hydrogens is 204 g/mol. The first-order valence-corrected chi connectivity index (χ1v) is 5.88. The van der Waals surface area contributed by atoms with Gasteiger partial charge in [0, 0.05) is 24.7 Å². The SMILES string of the molecule is c1cc2c(nc1OCC1CC1)OCCNC2. The second-order valence-corrected chi connectivity index (χ2v) is 4.39. The molecule has 1 aliphatic carbocycles. The van der Waals surface area contributed by atoms with Gasteiger partial charge in [0.05, 0.1) is 6.61 Å². The lowest BCUT2D eigenvalue weighted by atomic mass is 10.2. The van der Waals surface area contributed by atoms with Crippen LogP contribution in [0.1, 0.15) is 18.4 Å². The Balaban J connectivity index is 1.71. The van der Waals surface area contributed by atoms with Crippen molar-refractivity contribution >= 4 is 0 Å². The van der Waals surface area contributed by atoms with Crippen LogP contribution in [0.4, 0.5) is 0 Å². The molecule has 1 fully saturated rings. The van der Waals surface area contributed by atoms with Crippen molar-refractivity contribution in [2.45, 2.75) is 19.4 Å². The molecule has 2 heterocycles. The largest absolute Gasteiger partial charge is 0.477 e. The molecule has 1 aromatic heterocycles. The van der Waals surface area contributed by atoms with E-state index in [1.165, 1.54) is 12.8 Å². The number of rotatable bonds is 3. The molecule has 16 heavy (non-hydrogen) atoms. The van der Waals surface area contributed by atoms with Gasteiger partial charge in [0.1, 0.15) is 6.61 Å². The summed E-state index contributed by atoms with van der Waals surface area (Å²) in [4.78, 5) is 4.39. The molecule has 0 amide bonds. The van der Waals surface area contributed by atoms with E-state index < -0.39 is 0 Å². The molecule has 0 bridgehead atoms. The minimum absolute atomic E-state index is 0.673. The molecule has 1 saturated carbocycles. The molecule has 0 saturated heterocycles. The van der Waals surface area contributed by atoms with Crippen LogP contribution in [0, 0.1) is 5.92 Å². The number of fused-ring (bicyclic) bond motifs is 1. The second-order valence-electron chi connectivity index (χ2n) is 4.39. The van der Waals surface area contributed by atoms with Gasteiger partial charge in [-0.3, -0.25) is 0 Å². The minimum atomic E-state index is 0.673. The molecule has 2 aliphatic rings. The first kappa shape index (κ1) is 9.90. The zero-order chi connectivity index (χ0) is 10.8. The van der Waals surface area contributed by atoms with Crippen LogP contribution in [0.25, 0.3) is 0 Å². The van der Waals surface area contributed by atoms with E-state index in [-0.39, 0.29) is 0 Å². The molecule has 86 valence electrons. The van der Waals surface area contributed by atoms with Crippen LogP contribution in [-0.2, 0) is 6.54 Å². The van der Waals surface area contributed by atoms with Crippen molar-refractivity contribution in [2.75, 3.05) is 19.8 Å². The van der Waals surface area contributed by atoms with Gasteiger partial charge in [-0.05, 0) is 24.8 Å². The van der Waals surface area contributed by atoms with Gasteiger partial charge in [-0.1, -0.05) is 0 Å². The number of aromatic nitrogens is 1. The van der Waals surface area contributed by atoms with Gasteiger partial charge in [0.25, 0.3) is 0 Å². The highest BCUT2D eigenvalue weighted by Gasteiger charge is 2.22. The standard InChI is InChI=1S/C12H16N2O2/c1-2-9(1)8-16-11-4-3-10-7-13-5-6-15-12(10)14-11/h3-4,9,13H,1-2,5-8H2. The summed E-state index contributed by atoms with van der Waals surface area (Å²) in [6.07, 6.45) is 2.59. The summed E-state index contributed by atoms with van der Waals surface area (Å²) in [5.41, 5.74) is 1.11. The van der Waals surface area contributed by atoms with E-state index in [4.69, 9.17) is 9.47 Å². The number of ether oxygens (including phenoxy) is 2. The van der Waals surface area contributed by atoms with Crippen molar-refractivity contribution in [1.82, 2.24) is 10.3 Å². The van der Waals surface area contributed by atoms with E-state index in [1.54, 1.807) is 0 Å². The highest BCUT2D eigenvalue weighted by Crippen LogP contribution is 2.30. The highest BCUT2D eigenvalue weighted by atomic mass is 16.5. The van der Waals surface area contributed by atoms with Crippen molar-refractivity contribution < 1.29 is 9.47 Å². The lowest BCUT2D eigenvalue weighted by Gasteiger charge is -2.08. The van der Waals surface area contributed by atoms with Gasteiger partial charge < -0.3 is 14.8 Å². The van der Waals surface area contributed by atoms with Gasteiger partial charge in [-0.25, -0.2) is 0 Å². The summed E-state index contributed by atoms with van der Waals surface area (Å²) in [6, 6.07) is 3.96. The van der Waals surface area contributed by atoms with Crippen LogP contribution in [0.5, 0.6) is 11.8 Å². The zero-order valence-electron chi connectivity index (χ0n) is 9.24. The fourth-order valence-corrected chi connectivity index (χ4v) is 1.72. The third-order valence-corrected chi connectivity index (χ3v) is 2.91. The average molecular weight is 220 g/mol. The van der Waals surface area contributed by atoms with Crippen LogP contribution >= 0.6 is 0 Å². The predicted molar refractivity (Wildman–Crippen MR) is 59.7 cm³/mol. The smallest absolute Gasteiger partial charge is 0.221 e. The fourth-order valence-electron chi connectivity index (χ4n) is 1.72. The Labute approximate surface area is 95.0 Å². The maximum absolute atomic E-state index is 5.63. The molecule has 0 spiro atoms. The van der Waals surface area contributed by atoms with Crippen molar-refractivity contribution in [1.29, 1.82) is 0 Å². The van der Waals surface area contributed by atoms with E-state index in [9.17, 15) is 0 Å². The van der Waals surface area contributed by atoms with Crippen molar-refractivity contribution in [2.24, 2.45) is 5.92 Å². The summed E-state index contributed by atoms with van der Waals surface area (Å²) >= 11 is 0. The normalized spacial score (nSPS) is 19.5. The zero-order valence-corrected chi connectivity index (χ0v) is 9.24. The lowest BCUT2D eigenvalue weighted by molar-refractivity contribution is 0.273. The molecule has 1 aromatic rings. The Kier molecular flexibility index (Phi) is 2.66. The third-order valence-electron chi connectivity index (χ3n) is 2.91. The molecule has 0 atom stereocenters. The Bertz CT molecular complexity index is 377. The van der Waals surface area contributed by atoms with Gasteiger partial charge in [0.2, 0.25) is 11.8 Å². The fraction of sp³-hybridized carbons (Fsp3) is 0.583. The molecular formula is C12H16N2O2. The Hall–Kier alpha value is -1.29. The maximum atomic E-state index is 5.63. The Morgan fingerprint density at radius 2 is 2.38 bits per heavy atom. The molecule has 4 nitrogen and oxygen atoms in total. The summed E-state index contributed by atoms with van der Waals surface area (Å²) in [5, 5.41) is 3.28.